The van der Waals surface area contributed by atoms with Gasteiger partial charge >= 0.3 is 59.1 Å². The molecule has 0 spiro atoms. The van der Waals surface area contributed by atoms with Gasteiger partial charge in [0.25, 0.3) is 0 Å². The number of ether oxygens (including phenoxy) is 2. The van der Waals surface area contributed by atoms with Crippen LogP contribution < -0.4 is 78.8 Å². The summed E-state index contributed by atoms with van der Waals surface area (Å²) < 4.78 is 42.9. The number of halogens is 2. The standard InChI is InChI=1S/C48H30F2N2O6S2.2Na/c49-31-9-1-27(2-10-31)45-35-17-19-37(51-35)47(29-5-13-33(14-6-29)57-25-43(53)54)41-23-24-42(60-41)48(30-7-15-34(16-8-30)58-26-44(55)56)38-20-18-36(52-38)46(40-22-21-39(45)59-40)28-3-11-32(50)12-4-28;;/h1-24H,25-26H2,(H,53,54)(H,55,56);;/q;2*+1/p-2. The van der Waals surface area contributed by atoms with Gasteiger partial charge < -0.3 is 29.3 Å². The average Bonchev–Trinajstić information content (AvgIpc) is 4.10. The van der Waals surface area contributed by atoms with Crippen molar-refractivity contribution in [3.8, 4) is 56.0 Å². The number of nitrogens with zero attached hydrogens (tertiary/aromatic N) is 2. The molecular weight excluding hydrogens is 849 g/mol. The van der Waals surface area contributed by atoms with Crippen molar-refractivity contribution in [2.45, 2.75) is 0 Å². The number of rotatable bonds is 10. The first kappa shape index (κ1) is 44.8. The number of hydrogen-bond acceptors (Lipinski definition) is 10. The largest absolute Gasteiger partial charge is 1.00 e. The smallest absolute Gasteiger partial charge is 0.546 e. The van der Waals surface area contributed by atoms with Crippen LogP contribution in [0.1, 0.15) is 22.8 Å². The van der Waals surface area contributed by atoms with Crippen molar-refractivity contribution in [1.29, 1.82) is 0 Å². The molecule has 8 nitrogen and oxygen atoms in total. The summed E-state index contributed by atoms with van der Waals surface area (Å²) in [5.74, 6) is -2.68. The van der Waals surface area contributed by atoms with E-state index in [2.05, 4.69) is 0 Å². The predicted octanol–water partition coefficient (Wildman–Crippen LogP) is 3.33. The van der Waals surface area contributed by atoms with Crippen LogP contribution >= 0.6 is 22.7 Å². The molecule has 0 saturated carbocycles. The number of carbonyl (C=O) groups excluding carboxylic acids is 2. The number of benzene rings is 4. The number of carboxylic acids is 2. The molecular formula is C48H28F2N2Na2O6S2. The topological polar surface area (TPSA) is 124 Å². The monoisotopic (exact) mass is 876 g/mol. The second-order valence-electron chi connectivity index (χ2n) is 13.6. The number of aromatic nitrogens is 2. The summed E-state index contributed by atoms with van der Waals surface area (Å²) in [6.07, 6.45) is 7.76. The molecule has 0 aliphatic carbocycles. The van der Waals surface area contributed by atoms with E-state index in [0.29, 0.717) is 34.3 Å². The van der Waals surface area contributed by atoms with Crippen LogP contribution in [0, 0.1) is 11.6 Å². The van der Waals surface area contributed by atoms with Crippen LogP contribution in [-0.2, 0) is 9.59 Å². The summed E-state index contributed by atoms with van der Waals surface area (Å²) in [5, 5.41) is 22.2. The maximum Gasteiger partial charge on any atom is 1.00 e. The van der Waals surface area contributed by atoms with Gasteiger partial charge in [-0.05, 0) is 119 Å². The van der Waals surface area contributed by atoms with E-state index in [0.717, 1.165) is 63.3 Å². The summed E-state index contributed by atoms with van der Waals surface area (Å²) in [6, 6.07) is 34.8. The quantitative estimate of drug-likeness (QED) is 0.192. The van der Waals surface area contributed by atoms with E-state index in [9.17, 15) is 28.6 Å². The molecule has 3 aromatic heterocycles. The van der Waals surface area contributed by atoms with Crippen molar-refractivity contribution >= 4 is 77.7 Å². The first-order chi connectivity index (χ1) is 29.2. The fourth-order valence-electron chi connectivity index (χ4n) is 7.11. The molecule has 4 aromatic carbocycles. The maximum atomic E-state index is 14.3. The molecule has 9 rings (SSSR count). The molecule has 8 bridgehead atoms. The molecule has 0 fully saturated rings. The normalized spacial score (nSPS) is 11.4. The Morgan fingerprint density at radius 2 is 0.694 bits per heavy atom. The van der Waals surface area contributed by atoms with E-state index in [1.807, 2.05) is 72.8 Å². The minimum Gasteiger partial charge on any atom is -0.546 e. The van der Waals surface area contributed by atoms with Gasteiger partial charge in [-0.2, -0.15) is 0 Å². The molecule has 0 amide bonds. The van der Waals surface area contributed by atoms with Crippen molar-refractivity contribution in [1.82, 2.24) is 9.97 Å². The third kappa shape index (κ3) is 9.53. The van der Waals surface area contributed by atoms with Gasteiger partial charge in [-0.1, -0.05) is 48.5 Å². The molecule has 0 atom stereocenters. The molecule has 2 aliphatic rings. The van der Waals surface area contributed by atoms with E-state index in [1.165, 1.54) is 46.9 Å². The number of carbonyl (C=O) groups is 2. The van der Waals surface area contributed by atoms with Crippen molar-refractivity contribution in [2.24, 2.45) is 0 Å². The molecule has 0 N–H and O–H groups in total. The molecule has 62 heavy (non-hydrogen) atoms. The van der Waals surface area contributed by atoms with Gasteiger partial charge in [0.1, 0.15) is 36.3 Å². The molecule has 5 heterocycles. The molecule has 2 aliphatic heterocycles. The van der Waals surface area contributed by atoms with Crippen LogP contribution in [0.15, 0.2) is 121 Å². The molecule has 0 radical (unpaired) electrons. The molecule has 7 aromatic rings. The second-order valence-corrected chi connectivity index (χ2v) is 15.8. The zero-order valence-electron chi connectivity index (χ0n) is 33.2. The molecule has 14 heteroatoms. The predicted molar refractivity (Wildman–Crippen MR) is 229 cm³/mol. The van der Waals surface area contributed by atoms with Crippen molar-refractivity contribution in [2.75, 3.05) is 13.2 Å². The number of hydrogen-bond donors (Lipinski definition) is 0. The van der Waals surface area contributed by atoms with Gasteiger partial charge in [0.2, 0.25) is 0 Å². The minimum atomic E-state index is -1.33. The van der Waals surface area contributed by atoms with Crippen LogP contribution in [0.2, 0.25) is 0 Å². The Hall–Kier alpha value is -5.28. The van der Waals surface area contributed by atoms with Gasteiger partial charge in [0.15, 0.2) is 0 Å². The fourth-order valence-corrected chi connectivity index (χ4v) is 9.43. The van der Waals surface area contributed by atoms with Crippen LogP contribution in [0.25, 0.3) is 87.6 Å². The van der Waals surface area contributed by atoms with Gasteiger partial charge in [-0.25, -0.2) is 18.7 Å². The number of fused-ring (bicyclic) bond motifs is 8. The molecule has 0 saturated heterocycles. The van der Waals surface area contributed by atoms with Gasteiger partial charge in [-0.15, -0.1) is 22.7 Å². The zero-order chi connectivity index (χ0) is 41.3. The van der Waals surface area contributed by atoms with E-state index in [4.69, 9.17) is 19.4 Å². The van der Waals surface area contributed by atoms with E-state index < -0.39 is 25.2 Å². The Balaban J connectivity index is 0.00000289. The summed E-state index contributed by atoms with van der Waals surface area (Å²) in [5.41, 5.74) is 8.93. The summed E-state index contributed by atoms with van der Waals surface area (Å²) in [6.45, 7) is -1.18. The van der Waals surface area contributed by atoms with E-state index in [1.54, 1.807) is 48.5 Å². The maximum absolute atomic E-state index is 14.3. The first-order valence-corrected chi connectivity index (χ1v) is 20.2. The van der Waals surface area contributed by atoms with Crippen LogP contribution in [0.3, 0.4) is 0 Å². The Labute approximate surface area is 406 Å². The number of aliphatic carboxylic acids is 2. The van der Waals surface area contributed by atoms with Gasteiger partial charge in [0, 0.05) is 41.1 Å². The first-order valence-electron chi connectivity index (χ1n) is 18.5. The number of thiophene rings is 2. The third-order valence-electron chi connectivity index (χ3n) is 9.77. The average molecular weight is 877 g/mol. The fraction of sp³-hybridized carbons (Fsp3) is 0.0417. The Morgan fingerprint density at radius 3 is 0.952 bits per heavy atom. The van der Waals surface area contributed by atoms with Crippen molar-refractivity contribution < 1.29 is 97.2 Å². The van der Waals surface area contributed by atoms with Gasteiger partial charge in [0.05, 0.1) is 34.7 Å². The minimum absolute atomic E-state index is 0. The Kier molecular flexibility index (Phi) is 14.0. The van der Waals surface area contributed by atoms with Crippen molar-refractivity contribution in [3.05, 3.63) is 156 Å². The third-order valence-corrected chi connectivity index (χ3v) is 12.0. The summed E-state index contributed by atoms with van der Waals surface area (Å²) in [7, 11) is 0. The van der Waals surface area contributed by atoms with Crippen molar-refractivity contribution in [3.63, 3.8) is 0 Å². The molecule has 0 unspecified atom stereocenters. The van der Waals surface area contributed by atoms with Crippen LogP contribution in [-0.4, -0.2) is 35.1 Å². The summed E-state index contributed by atoms with van der Waals surface area (Å²) >= 11 is 3.03. The van der Waals surface area contributed by atoms with Gasteiger partial charge in [-0.3, -0.25) is 0 Å². The Morgan fingerprint density at radius 1 is 0.435 bits per heavy atom. The zero-order valence-corrected chi connectivity index (χ0v) is 38.8. The summed E-state index contributed by atoms with van der Waals surface area (Å²) in [4.78, 5) is 32.7. The van der Waals surface area contributed by atoms with E-state index >= 15 is 0 Å². The second kappa shape index (κ2) is 19.4. The van der Waals surface area contributed by atoms with E-state index in [-0.39, 0.29) is 70.7 Å². The Bertz CT molecular complexity index is 2860. The number of carboxylic acid groups (broad SMARTS) is 2. The SMILES string of the molecule is O=C([O-])COc1ccc(-c2c3nc(c(-c4ccc(F)cc4)c4ccc(s4)c(-c4ccc(F)cc4)c4nc(c(-c5ccc(OCC(=O)[O-])cc5)c5ccc2s5)C=C4)C=C3)cc1.[Na+].[Na+]. The van der Waals surface area contributed by atoms with Crippen LogP contribution in [0.4, 0.5) is 8.78 Å². The van der Waals surface area contributed by atoms with Crippen LogP contribution in [0.5, 0.6) is 11.5 Å². The molecule has 294 valence electrons.